The average Bonchev–Trinajstić information content (AvgIpc) is 2.95. The van der Waals surface area contributed by atoms with E-state index in [1.165, 1.54) is 24.3 Å². The molecule has 1 aromatic carbocycles. The maximum absolute atomic E-state index is 12.5. The number of rotatable bonds is 5. The van der Waals surface area contributed by atoms with Gasteiger partial charge >= 0.3 is 0 Å². The van der Waals surface area contributed by atoms with Crippen LogP contribution in [0.15, 0.2) is 29.2 Å². The molecule has 0 radical (unpaired) electrons. The minimum atomic E-state index is -3.79. The van der Waals surface area contributed by atoms with Crippen molar-refractivity contribution in [1.82, 2.24) is 5.32 Å². The van der Waals surface area contributed by atoms with Crippen LogP contribution in [0.5, 0.6) is 0 Å². The van der Waals surface area contributed by atoms with E-state index in [1.54, 1.807) is 0 Å². The fourth-order valence-corrected chi connectivity index (χ4v) is 5.08. The van der Waals surface area contributed by atoms with Gasteiger partial charge in [-0.05, 0) is 91.7 Å². The Morgan fingerprint density at radius 2 is 1.92 bits per heavy atom. The molecular formula is C14H16Br3NO5S. The summed E-state index contributed by atoms with van der Waals surface area (Å²) >= 11 is 8.99. The maximum Gasteiger partial charge on any atom is 0.253 e. The summed E-state index contributed by atoms with van der Waals surface area (Å²) in [4.78, 5) is 12.5. The Hall–Kier alpha value is 0.000000000000000111. The van der Waals surface area contributed by atoms with Crippen LogP contribution in [0, 0.1) is 0 Å². The fraction of sp³-hybridized carbons (Fsp3) is 0.500. The number of aliphatic hydroxyl groups excluding tert-OH is 1. The molecule has 1 amide bonds. The van der Waals surface area contributed by atoms with Gasteiger partial charge < -0.3 is 15.2 Å². The number of alkyl halides is 3. The van der Waals surface area contributed by atoms with E-state index >= 15 is 0 Å². The lowest BCUT2D eigenvalue weighted by molar-refractivity contribution is -0.124. The Balaban J connectivity index is 2.27. The molecule has 0 saturated heterocycles. The zero-order valence-electron chi connectivity index (χ0n) is 12.5. The molecule has 1 fully saturated rings. The minimum absolute atomic E-state index is 0.0238. The molecule has 1 saturated carbocycles. The second-order valence-electron chi connectivity index (χ2n) is 5.41. The highest BCUT2D eigenvalue weighted by Gasteiger charge is 2.39. The van der Waals surface area contributed by atoms with Gasteiger partial charge in [-0.2, -0.15) is 0 Å². The molecule has 0 atom stereocenters. The number of aliphatic hydroxyl groups is 1. The van der Waals surface area contributed by atoms with Crippen molar-refractivity contribution in [1.29, 1.82) is 0 Å². The van der Waals surface area contributed by atoms with E-state index < -0.39 is 29.7 Å². The van der Waals surface area contributed by atoms with Crippen molar-refractivity contribution in [2.75, 3.05) is 6.79 Å². The van der Waals surface area contributed by atoms with Crippen LogP contribution in [0.2, 0.25) is 0 Å². The first-order valence-electron chi connectivity index (χ1n) is 7.10. The molecule has 0 aromatic heterocycles. The van der Waals surface area contributed by atoms with Gasteiger partial charge in [-0.1, -0.05) is 6.07 Å². The summed E-state index contributed by atoms with van der Waals surface area (Å²) in [6, 6.07) is 5.72. The topological polar surface area (TPSA) is 92.7 Å². The quantitative estimate of drug-likeness (QED) is 0.435. The Labute approximate surface area is 165 Å². The Morgan fingerprint density at radius 1 is 1.29 bits per heavy atom. The Kier molecular flexibility index (Phi) is 6.53. The fourth-order valence-electron chi connectivity index (χ4n) is 2.59. The van der Waals surface area contributed by atoms with Gasteiger partial charge in [0.2, 0.25) is 11.3 Å². The highest BCUT2D eigenvalue weighted by molar-refractivity contribution is 9.42. The molecule has 0 aliphatic heterocycles. The van der Waals surface area contributed by atoms with Crippen molar-refractivity contribution in [2.24, 2.45) is 0 Å². The van der Waals surface area contributed by atoms with Gasteiger partial charge in [0.15, 0.2) is 0 Å². The number of hydrogen-bond acceptors (Lipinski definition) is 5. The van der Waals surface area contributed by atoms with Crippen molar-refractivity contribution in [3.8, 4) is 0 Å². The Morgan fingerprint density at radius 3 is 2.46 bits per heavy atom. The van der Waals surface area contributed by atoms with Crippen molar-refractivity contribution in [3.63, 3.8) is 0 Å². The number of carbonyl (C=O) groups is 1. The lowest BCUT2D eigenvalue weighted by Gasteiger charge is -2.29. The van der Waals surface area contributed by atoms with Crippen LogP contribution in [0.4, 0.5) is 0 Å². The summed E-state index contributed by atoms with van der Waals surface area (Å²) in [5.74, 6) is -0.452. The molecular weight excluding hydrogens is 534 g/mol. The summed E-state index contributed by atoms with van der Waals surface area (Å²) < 4.78 is 28.6. The van der Waals surface area contributed by atoms with Gasteiger partial charge in [-0.25, -0.2) is 8.42 Å². The largest absolute Gasteiger partial charge is 0.371 e. The minimum Gasteiger partial charge on any atom is -0.371 e. The van der Waals surface area contributed by atoms with E-state index in [0.29, 0.717) is 12.8 Å². The van der Waals surface area contributed by atoms with Gasteiger partial charge in [0.05, 0.1) is 4.90 Å². The molecule has 0 bridgehead atoms. The molecule has 1 aliphatic carbocycles. The van der Waals surface area contributed by atoms with Gasteiger partial charge in [-0.15, -0.1) is 0 Å². The standard InChI is InChI=1S/C14H16Br3NO5S/c15-14(16,17)24(21,22)11-5-3-4-10(8-11)12(20)18-13(23-9-19)6-1-2-7-13/h3-5,8,19H,1-2,6-7,9H2,(H,18,20). The van der Waals surface area contributed by atoms with Crippen LogP contribution in [-0.4, -0.2) is 33.4 Å². The number of sulfone groups is 1. The predicted octanol–water partition coefficient (Wildman–Crippen LogP) is 3.22. The van der Waals surface area contributed by atoms with E-state index in [9.17, 15) is 13.2 Å². The third kappa shape index (κ3) is 4.39. The molecule has 1 aromatic rings. The molecule has 0 heterocycles. The molecule has 24 heavy (non-hydrogen) atoms. The monoisotopic (exact) mass is 547 g/mol. The maximum atomic E-state index is 12.5. The number of benzene rings is 1. The van der Waals surface area contributed by atoms with Gasteiger partial charge in [0, 0.05) is 5.56 Å². The van der Waals surface area contributed by atoms with Crippen LogP contribution in [0.3, 0.4) is 0 Å². The highest BCUT2D eigenvalue weighted by Crippen LogP contribution is 2.43. The van der Waals surface area contributed by atoms with Crippen LogP contribution < -0.4 is 5.32 Å². The average molecular weight is 550 g/mol. The molecule has 0 unspecified atom stereocenters. The number of ether oxygens (including phenoxy) is 1. The second kappa shape index (κ2) is 7.71. The third-order valence-corrected chi connectivity index (χ3v) is 9.12. The highest BCUT2D eigenvalue weighted by atomic mass is 80.0. The predicted molar refractivity (Wildman–Crippen MR) is 100.0 cm³/mol. The first-order valence-corrected chi connectivity index (χ1v) is 11.0. The smallest absolute Gasteiger partial charge is 0.253 e. The SMILES string of the molecule is O=C(NC1(OCO)CCCC1)c1cccc(S(=O)(=O)C(Br)(Br)Br)c1. The molecule has 10 heteroatoms. The van der Waals surface area contributed by atoms with Crippen molar-refractivity contribution in [2.45, 2.75) is 37.8 Å². The number of hydrogen-bond donors (Lipinski definition) is 2. The second-order valence-corrected chi connectivity index (χ2v) is 15.8. The molecule has 2 rings (SSSR count). The number of nitrogens with one attached hydrogen (secondary N) is 1. The normalized spacial score (nSPS) is 17.7. The van der Waals surface area contributed by atoms with E-state index in [4.69, 9.17) is 9.84 Å². The van der Waals surface area contributed by atoms with Crippen molar-refractivity contribution >= 4 is 63.5 Å². The van der Waals surface area contributed by atoms with Gasteiger partial charge in [0.25, 0.3) is 5.91 Å². The lowest BCUT2D eigenvalue weighted by Crippen LogP contribution is -2.48. The summed E-state index contributed by atoms with van der Waals surface area (Å²) in [7, 11) is -3.79. The molecule has 1 aliphatic rings. The number of carbonyl (C=O) groups excluding carboxylic acids is 1. The summed E-state index contributed by atoms with van der Waals surface area (Å²) in [6.07, 6.45) is 2.97. The van der Waals surface area contributed by atoms with Crippen molar-refractivity contribution < 1.29 is 23.1 Å². The first-order chi connectivity index (χ1) is 11.1. The first kappa shape index (κ1) is 20.3. The third-order valence-electron chi connectivity index (χ3n) is 3.80. The van der Waals surface area contributed by atoms with Crippen LogP contribution >= 0.6 is 47.8 Å². The summed E-state index contributed by atoms with van der Waals surface area (Å²) in [5, 5.41) is 11.8. The zero-order valence-corrected chi connectivity index (χ0v) is 18.0. The van der Waals surface area contributed by atoms with Gasteiger partial charge in [-0.3, -0.25) is 4.79 Å². The van der Waals surface area contributed by atoms with Crippen molar-refractivity contribution in [3.05, 3.63) is 29.8 Å². The summed E-state index contributed by atoms with van der Waals surface area (Å²) in [6.45, 7) is -0.492. The van der Waals surface area contributed by atoms with Crippen LogP contribution in [0.25, 0.3) is 0 Å². The van der Waals surface area contributed by atoms with Crippen LogP contribution in [-0.2, 0) is 14.6 Å². The lowest BCUT2D eigenvalue weighted by atomic mass is 10.1. The van der Waals surface area contributed by atoms with E-state index in [1.807, 2.05) is 0 Å². The number of amides is 1. The molecule has 6 nitrogen and oxygen atoms in total. The number of halogens is 3. The van der Waals surface area contributed by atoms with Gasteiger partial charge in [0.1, 0.15) is 12.5 Å². The summed E-state index contributed by atoms with van der Waals surface area (Å²) in [5.41, 5.74) is -0.703. The van der Waals surface area contributed by atoms with E-state index in [0.717, 1.165) is 12.8 Å². The molecule has 134 valence electrons. The Bertz CT molecular complexity index is 711. The zero-order chi connectivity index (χ0) is 18.0. The van der Waals surface area contributed by atoms with E-state index in [-0.39, 0.29) is 10.5 Å². The van der Waals surface area contributed by atoms with Crippen LogP contribution in [0.1, 0.15) is 36.0 Å². The van der Waals surface area contributed by atoms with E-state index in [2.05, 4.69) is 53.1 Å². The molecule has 0 spiro atoms. The molecule has 2 N–H and O–H groups in total.